The molecule has 21 heavy (non-hydrogen) atoms. The number of ether oxygens (including phenoxy) is 2. The van der Waals surface area contributed by atoms with Crippen LogP contribution in [0.2, 0.25) is 0 Å². The fourth-order valence-electron chi connectivity index (χ4n) is 2.52. The van der Waals surface area contributed by atoms with E-state index in [-0.39, 0.29) is 12.6 Å². The third kappa shape index (κ3) is 4.61. The SMILES string of the molecule is CCNC(CCOCC(F)(F)F)c1cccc2c1OCC2. The number of halogens is 3. The molecule has 0 saturated carbocycles. The molecule has 0 spiro atoms. The van der Waals surface area contributed by atoms with Gasteiger partial charge in [0.15, 0.2) is 0 Å². The zero-order valence-corrected chi connectivity index (χ0v) is 12.0. The highest BCUT2D eigenvalue weighted by Gasteiger charge is 2.28. The minimum Gasteiger partial charge on any atom is -0.493 e. The van der Waals surface area contributed by atoms with Crippen LogP contribution in [0.3, 0.4) is 0 Å². The first-order chi connectivity index (χ1) is 10.0. The number of para-hydroxylation sites is 1. The molecule has 0 aromatic heterocycles. The molecule has 0 radical (unpaired) electrons. The Morgan fingerprint density at radius 2 is 2.19 bits per heavy atom. The van der Waals surface area contributed by atoms with Gasteiger partial charge in [0.25, 0.3) is 0 Å². The number of nitrogens with one attached hydrogen (secondary N) is 1. The first-order valence-corrected chi connectivity index (χ1v) is 7.13. The van der Waals surface area contributed by atoms with Crippen molar-refractivity contribution in [1.82, 2.24) is 5.32 Å². The first-order valence-electron chi connectivity index (χ1n) is 7.13. The average Bonchev–Trinajstić information content (AvgIpc) is 2.89. The van der Waals surface area contributed by atoms with Gasteiger partial charge in [-0.2, -0.15) is 13.2 Å². The van der Waals surface area contributed by atoms with Gasteiger partial charge in [0.2, 0.25) is 0 Å². The maximum Gasteiger partial charge on any atom is 0.411 e. The summed E-state index contributed by atoms with van der Waals surface area (Å²) in [5.41, 5.74) is 2.16. The molecule has 0 aliphatic carbocycles. The smallest absolute Gasteiger partial charge is 0.411 e. The standard InChI is InChI=1S/C15H20F3NO2/c1-2-19-13(7-8-20-10-15(16,17)18)12-5-3-4-11-6-9-21-14(11)12/h3-5,13,19H,2,6-10H2,1H3. The summed E-state index contributed by atoms with van der Waals surface area (Å²) in [6.07, 6.45) is -2.92. The lowest BCUT2D eigenvalue weighted by Crippen LogP contribution is -2.24. The summed E-state index contributed by atoms with van der Waals surface area (Å²) in [5.74, 6) is 0.874. The molecule has 1 atom stereocenters. The van der Waals surface area contributed by atoms with E-state index >= 15 is 0 Å². The minimum atomic E-state index is -4.27. The number of hydrogen-bond donors (Lipinski definition) is 1. The lowest BCUT2D eigenvalue weighted by atomic mass is 9.99. The summed E-state index contributed by atoms with van der Waals surface area (Å²) in [5, 5.41) is 3.29. The van der Waals surface area contributed by atoms with Crippen molar-refractivity contribution in [3.05, 3.63) is 29.3 Å². The molecular formula is C15H20F3NO2. The van der Waals surface area contributed by atoms with Gasteiger partial charge in [0, 0.05) is 24.6 Å². The molecular weight excluding hydrogens is 283 g/mol. The lowest BCUT2D eigenvalue weighted by Gasteiger charge is -2.21. The van der Waals surface area contributed by atoms with Crippen molar-refractivity contribution in [3.8, 4) is 5.75 Å². The average molecular weight is 303 g/mol. The van der Waals surface area contributed by atoms with E-state index < -0.39 is 12.8 Å². The van der Waals surface area contributed by atoms with Gasteiger partial charge in [-0.15, -0.1) is 0 Å². The van der Waals surface area contributed by atoms with Crippen LogP contribution in [0.5, 0.6) is 5.75 Å². The molecule has 0 saturated heterocycles. The Hall–Kier alpha value is -1.27. The molecule has 0 amide bonds. The van der Waals surface area contributed by atoms with Crippen LogP contribution in [0.1, 0.15) is 30.5 Å². The summed E-state index contributed by atoms with van der Waals surface area (Å²) >= 11 is 0. The van der Waals surface area contributed by atoms with Crippen molar-refractivity contribution in [2.45, 2.75) is 32.0 Å². The Morgan fingerprint density at radius 3 is 2.90 bits per heavy atom. The van der Waals surface area contributed by atoms with E-state index in [0.717, 1.165) is 29.8 Å². The fourth-order valence-corrected chi connectivity index (χ4v) is 2.52. The predicted octanol–water partition coefficient (Wildman–Crippen LogP) is 3.24. The summed E-state index contributed by atoms with van der Waals surface area (Å²) < 4.78 is 46.6. The van der Waals surface area contributed by atoms with Gasteiger partial charge >= 0.3 is 6.18 Å². The highest BCUT2D eigenvalue weighted by Crippen LogP contribution is 2.34. The highest BCUT2D eigenvalue weighted by molar-refractivity contribution is 5.45. The van der Waals surface area contributed by atoms with Crippen LogP contribution in [0.25, 0.3) is 0 Å². The van der Waals surface area contributed by atoms with Crippen molar-refractivity contribution >= 4 is 0 Å². The molecule has 1 aromatic carbocycles. The highest BCUT2D eigenvalue weighted by atomic mass is 19.4. The van der Waals surface area contributed by atoms with Crippen LogP contribution >= 0.6 is 0 Å². The molecule has 0 fully saturated rings. The van der Waals surface area contributed by atoms with Crippen LogP contribution in [0.4, 0.5) is 13.2 Å². The molecule has 6 heteroatoms. The largest absolute Gasteiger partial charge is 0.493 e. The summed E-state index contributed by atoms with van der Waals surface area (Å²) in [6.45, 7) is 2.22. The van der Waals surface area contributed by atoms with Crippen molar-refractivity contribution in [3.63, 3.8) is 0 Å². The molecule has 3 nitrogen and oxygen atoms in total. The van der Waals surface area contributed by atoms with E-state index in [1.807, 2.05) is 25.1 Å². The molecule has 1 aromatic rings. The number of rotatable bonds is 7. The number of benzene rings is 1. The fraction of sp³-hybridized carbons (Fsp3) is 0.600. The molecule has 1 unspecified atom stereocenters. The lowest BCUT2D eigenvalue weighted by molar-refractivity contribution is -0.174. The van der Waals surface area contributed by atoms with Gasteiger partial charge in [-0.05, 0) is 18.5 Å². The van der Waals surface area contributed by atoms with Gasteiger partial charge < -0.3 is 14.8 Å². The van der Waals surface area contributed by atoms with E-state index in [2.05, 4.69) is 5.32 Å². The molecule has 1 N–H and O–H groups in total. The molecule has 1 aliphatic heterocycles. The van der Waals surface area contributed by atoms with Gasteiger partial charge in [0.05, 0.1) is 6.61 Å². The monoisotopic (exact) mass is 303 g/mol. The Morgan fingerprint density at radius 1 is 1.38 bits per heavy atom. The van der Waals surface area contributed by atoms with Gasteiger partial charge in [0.1, 0.15) is 12.4 Å². The zero-order valence-electron chi connectivity index (χ0n) is 12.0. The third-order valence-electron chi connectivity index (χ3n) is 3.39. The second-order valence-electron chi connectivity index (χ2n) is 5.00. The van der Waals surface area contributed by atoms with Crippen LogP contribution in [-0.2, 0) is 11.2 Å². The number of hydrogen-bond acceptors (Lipinski definition) is 3. The van der Waals surface area contributed by atoms with E-state index in [0.29, 0.717) is 13.0 Å². The second-order valence-corrected chi connectivity index (χ2v) is 5.00. The van der Waals surface area contributed by atoms with Crippen LogP contribution < -0.4 is 10.1 Å². The van der Waals surface area contributed by atoms with Crippen molar-refractivity contribution in [2.24, 2.45) is 0 Å². The second kappa shape index (κ2) is 7.13. The Balaban J connectivity index is 1.98. The topological polar surface area (TPSA) is 30.5 Å². The third-order valence-corrected chi connectivity index (χ3v) is 3.39. The predicted molar refractivity (Wildman–Crippen MR) is 73.5 cm³/mol. The molecule has 1 heterocycles. The zero-order chi connectivity index (χ0) is 15.3. The van der Waals surface area contributed by atoms with E-state index in [1.54, 1.807) is 0 Å². The Labute approximate surface area is 122 Å². The minimum absolute atomic E-state index is 0.0564. The van der Waals surface area contributed by atoms with Crippen LogP contribution in [0.15, 0.2) is 18.2 Å². The van der Waals surface area contributed by atoms with E-state index in [9.17, 15) is 13.2 Å². The Bertz CT molecular complexity index is 463. The molecule has 2 rings (SSSR count). The van der Waals surface area contributed by atoms with E-state index in [1.165, 1.54) is 0 Å². The molecule has 0 bridgehead atoms. The van der Waals surface area contributed by atoms with E-state index in [4.69, 9.17) is 9.47 Å². The number of alkyl halides is 3. The Kier molecular flexibility index (Phi) is 5.47. The van der Waals surface area contributed by atoms with Crippen molar-refractivity contribution in [2.75, 3.05) is 26.4 Å². The quantitative estimate of drug-likeness (QED) is 0.784. The first kappa shape index (κ1) is 16.1. The summed E-state index contributed by atoms with van der Waals surface area (Å²) in [4.78, 5) is 0. The van der Waals surface area contributed by atoms with Gasteiger partial charge in [-0.25, -0.2) is 0 Å². The molecule has 1 aliphatic rings. The maximum atomic E-state index is 12.1. The van der Waals surface area contributed by atoms with Crippen molar-refractivity contribution < 1.29 is 22.6 Å². The number of fused-ring (bicyclic) bond motifs is 1. The van der Waals surface area contributed by atoms with Crippen molar-refractivity contribution in [1.29, 1.82) is 0 Å². The summed E-state index contributed by atoms with van der Waals surface area (Å²) in [6, 6.07) is 5.89. The van der Waals surface area contributed by atoms with Crippen LogP contribution in [-0.4, -0.2) is 32.5 Å². The molecule has 118 valence electrons. The van der Waals surface area contributed by atoms with Gasteiger partial charge in [-0.3, -0.25) is 0 Å². The summed E-state index contributed by atoms with van der Waals surface area (Å²) in [7, 11) is 0. The maximum absolute atomic E-state index is 12.1. The van der Waals surface area contributed by atoms with Crippen LogP contribution in [0, 0.1) is 0 Å². The normalized spacial score (nSPS) is 15.6. The van der Waals surface area contributed by atoms with Gasteiger partial charge in [-0.1, -0.05) is 25.1 Å².